The number of likely N-dealkylation sites (N-methyl/N-ethyl adjacent to an activating group) is 1. The molecule has 6 nitrogen and oxygen atoms in total. The van der Waals surface area contributed by atoms with Crippen LogP contribution in [-0.2, 0) is 16.0 Å². The van der Waals surface area contributed by atoms with Crippen molar-refractivity contribution in [1.82, 2.24) is 15.3 Å². The van der Waals surface area contributed by atoms with E-state index in [4.69, 9.17) is 10.5 Å². The third kappa shape index (κ3) is 4.16. The summed E-state index contributed by atoms with van der Waals surface area (Å²) in [6.07, 6.45) is 3.20. The van der Waals surface area contributed by atoms with Crippen molar-refractivity contribution in [3.8, 4) is 0 Å². The molecule has 0 spiro atoms. The molecule has 1 unspecified atom stereocenters. The maximum atomic E-state index is 12.3. The van der Waals surface area contributed by atoms with Crippen LogP contribution in [0.2, 0.25) is 0 Å². The number of esters is 1. The maximum Gasteiger partial charge on any atom is 0.323 e. The molecule has 0 fully saturated rings. The Kier molecular flexibility index (Phi) is 5.68. The molecular formula is C16H22N4O2. The van der Waals surface area contributed by atoms with Gasteiger partial charge in [-0.15, -0.1) is 0 Å². The van der Waals surface area contributed by atoms with Crippen molar-refractivity contribution in [3.63, 3.8) is 0 Å². The molecule has 1 aromatic heterocycles. The van der Waals surface area contributed by atoms with Crippen molar-refractivity contribution in [2.45, 2.75) is 31.5 Å². The van der Waals surface area contributed by atoms with Crippen molar-refractivity contribution in [1.29, 1.82) is 0 Å². The summed E-state index contributed by atoms with van der Waals surface area (Å²) in [7, 11) is 1.83. The monoisotopic (exact) mass is 302 g/mol. The van der Waals surface area contributed by atoms with Gasteiger partial charge in [-0.25, -0.2) is 4.98 Å². The number of carbonyl (C=O) groups is 1. The highest BCUT2D eigenvalue weighted by molar-refractivity contribution is 5.76. The van der Waals surface area contributed by atoms with Crippen LogP contribution in [0.1, 0.15) is 24.3 Å². The van der Waals surface area contributed by atoms with Crippen molar-refractivity contribution in [2.24, 2.45) is 5.73 Å². The number of rotatable bonds is 7. The summed E-state index contributed by atoms with van der Waals surface area (Å²) in [6, 6.07) is 8.89. The predicted molar refractivity (Wildman–Crippen MR) is 84.1 cm³/mol. The average molecular weight is 302 g/mol. The van der Waals surface area contributed by atoms with Gasteiger partial charge in [0.05, 0.1) is 6.33 Å². The second-order valence-electron chi connectivity index (χ2n) is 5.23. The van der Waals surface area contributed by atoms with Gasteiger partial charge in [0.2, 0.25) is 0 Å². The van der Waals surface area contributed by atoms with E-state index in [2.05, 4.69) is 15.3 Å². The molecule has 2 aromatic rings. The molecule has 3 atom stereocenters. The predicted octanol–water partition coefficient (Wildman–Crippen LogP) is 1.17. The van der Waals surface area contributed by atoms with Crippen LogP contribution >= 0.6 is 0 Å². The molecule has 0 aliphatic heterocycles. The number of nitrogens with one attached hydrogen (secondary N) is 2. The Morgan fingerprint density at radius 3 is 2.73 bits per heavy atom. The second-order valence-corrected chi connectivity index (χ2v) is 5.23. The van der Waals surface area contributed by atoms with Gasteiger partial charge in [0, 0.05) is 24.4 Å². The van der Waals surface area contributed by atoms with Gasteiger partial charge >= 0.3 is 5.97 Å². The van der Waals surface area contributed by atoms with Gasteiger partial charge < -0.3 is 20.8 Å². The molecule has 0 saturated heterocycles. The van der Waals surface area contributed by atoms with Crippen LogP contribution in [0.25, 0.3) is 0 Å². The molecule has 1 heterocycles. The summed E-state index contributed by atoms with van der Waals surface area (Å²) < 4.78 is 5.64. The smallest absolute Gasteiger partial charge is 0.323 e. The number of benzene rings is 1. The SMILES string of the molecule is CN[C@H](C)[C@@H](OC(=O)C(N)Cc1cnc[nH]1)c1ccccc1. The Labute approximate surface area is 130 Å². The first kappa shape index (κ1) is 16.2. The van der Waals surface area contributed by atoms with Crippen LogP contribution in [0, 0.1) is 0 Å². The normalized spacial score (nSPS) is 15.0. The topological polar surface area (TPSA) is 93.0 Å². The van der Waals surface area contributed by atoms with Crippen molar-refractivity contribution in [2.75, 3.05) is 7.05 Å². The number of nitrogens with two attached hydrogens (primary N) is 1. The molecule has 1 aromatic carbocycles. The zero-order chi connectivity index (χ0) is 15.9. The number of nitrogens with zero attached hydrogens (tertiary/aromatic N) is 1. The Balaban J connectivity index is 2.04. The van der Waals surface area contributed by atoms with Crippen molar-refractivity contribution < 1.29 is 9.53 Å². The van der Waals surface area contributed by atoms with E-state index in [0.717, 1.165) is 11.3 Å². The molecule has 0 aliphatic carbocycles. The summed E-state index contributed by atoms with van der Waals surface area (Å²) in [5.41, 5.74) is 7.68. The molecule has 6 heteroatoms. The highest BCUT2D eigenvalue weighted by Gasteiger charge is 2.25. The van der Waals surface area contributed by atoms with Crippen LogP contribution in [-0.4, -0.2) is 35.1 Å². The fraction of sp³-hybridized carbons (Fsp3) is 0.375. The van der Waals surface area contributed by atoms with Crippen LogP contribution in [0.3, 0.4) is 0 Å². The summed E-state index contributed by atoms with van der Waals surface area (Å²) in [5.74, 6) is -0.425. The Hall–Kier alpha value is -2.18. The Morgan fingerprint density at radius 2 is 2.14 bits per heavy atom. The molecular weight excluding hydrogens is 280 g/mol. The summed E-state index contributed by atoms with van der Waals surface area (Å²) in [6.45, 7) is 1.96. The molecule has 2 rings (SSSR count). The van der Waals surface area contributed by atoms with Gasteiger partial charge in [-0.05, 0) is 19.5 Å². The Bertz CT molecular complexity index is 571. The highest BCUT2D eigenvalue weighted by Crippen LogP contribution is 2.21. The minimum atomic E-state index is -0.726. The van der Waals surface area contributed by atoms with E-state index in [1.54, 1.807) is 12.5 Å². The van der Waals surface area contributed by atoms with E-state index in [-0.39, 0.29) is 12.1 Å². The van der Waals surface area contributed by atoms with Crippen LogP contribution in [0.15, 0.2) is 42.9 Å². The van der Waals surface area contributed by atoms with Crippen molar-refractivity contribution >= 4 is 5.97 Å². The van der Waals surface area contributed by atoms with E-state index >= 15 is 0 Å². The van der Waals surface area contributed by atoms with Crippen LogP contribution in [0.5, 0.6) is 0 Å². The molecule has 0 bridgehead atoms. The van der Waals surface area contributed by atoms with E-state index in [1.165, 1.54) is 0 Å². The number of H-pyrrole nitrogens is 1. The summed E-state index contributed by atoms with van der Waals surface area (Å²) in [4.78, 5) is 19.1. The van der Waals surface area contributed by atoms with Gasteiger partial charge in [-0.1, -0.05) is 30.3 Å². The largest absolute Gasteiger partial charge is 0.455 e. The molecule has 0 aliphatic rings. The molecule has 0 amide bonds. The van der Waals surface area contributed by atoms with Crippen molar-refractivity contribution in [3.05, 3.63) is 54.1 Å². The third-order valence-electron chi connectivity index (χ3n) is 3.58. The molecule has 0 saturated carbocycles. The van der Waals surface area contributed by atoms with E-state index in [9.17, 15) is 4.79 Å². The Morgan fingerprint density at radius 1 is 1.41 bits per heavy atom. The average Bonchev–Trinajstić information content (AvgIpc) is 3.05. The summed E-state index contributed by atoms with van der Waals surface area (Å²) in [5, 5.41) is 3.12. The minimum absolute atomic E-state index is 0.0225. The van der Waals surface area contributed by atoms with Gasteiger partial charge in [0.25, 0.3) is 0 Å². The fourth-order valence-corrected chi connectivity index (χ4v) is 2.18. The zero-order valence-corrected chi connectivity index (χ0v) is 12.8. The van der Waals surface area contributed by atoms with Crippen LogP contribution in [0.4, 0.5) is 0 Å². The molecule has 0 radical (unpaired) electrons. The van der Waals surface area contributed by atoms with Gasteiger partial charge in [0.1, 0.15) is 12.1 Å². The highest BCUT2D eigenvalue weighted by atomic mass is 16.5. The second kappa shape index (κ2) is 7.72. The van der Waals surface area contributed by atoms with E-state index in [1.807, 2.05) is 44.3 Å². The number of hydrogen-bond acceptors (Lipinski definition) is 5. The lowest BCUT2D eigenvalue weighted by molar-refractivity contribution is -0.152. The van der Waals surface area contributed by atoms with Gasteiger partial charge in [0.15, 0.2) is 0 Å². The van der Waals surface area contributed by atoms with Gasteiger partial charge in [-0.2, -0.15) is 0 Å². The lowest BCUT2D eigenvalue weighted by Gasteiger charge is -2.25. The number of aromatic amines is 1. The number of carbonyl (C=O) groups excluding carboxylic acids is 1. The number of imidazole rings is 1. The lowest BCUT2D eigenvalue weighted by Crippen LogP contribution is -2.39. The summed E-state index contributed by atoms with van der Waals surface area (Å²) >= 11 is 0. The maximum absolute atomic E-state index is 12.3. The van der Waals surface area contributed by atoms with E-state index < -0.39 is 12.0 Å². The molecule has 22 heavy (non-hydrogen) atoms. The lowest BCUT2D eigenvalue weighted by atomic mass is 10.0. The first-order chi connectivity index (χ1) is 10.6. The number of aromatic nitrogens is 2. The quantitative estimate of drug-likeness (QED) is 0.668. The van der Waals surface area contributed by atoms with Crippen LogP contribution < -0.4 is 11.1 Å². The van der Waals surface area contributed by atoms with Gasteiger partial charge in [-0.3, -0.25) is 4.79 Å². The zero-order valence-electron chi connectivity index (χ0n) is 12.8. The first-order valence-corrected chi connectivity index (χ1v) is 7.27. The fourth-order valence-electron chi connectivity index (χ4n) is 2.18. The third-order valence-corrected chi connectivity index (χ3v) is 3.58. The first-order valence-electron chi connectivity index (χ1n) is 7.27. The molecule has 4 N–H and O–H groups in total. The number of hydrogen-bond donors (Lipinski definition) is 3. The standard InChI is InChI=1S/C16H22N4O2/c1-11(18-2)15(12-6-4-3-5-7-12)22-16(21)14(17)8-13-9-19-10-20-13/h3-7,9-11,14-15,18H,8,17H2,1-2H3,(H,19,20)/t11-,14?,15-/m1/s1. The molecule has 118 valence electrons. The number of ether oxygens (including phenoxy) is 1. The van der Waals surface area contributed by atoms with E-state index in [0.29, 0.717) is 6.42 Å². The minimum Gasteiger partial charge on any atom is -0.455 e.